The number of halogens is 1. The molecule has 0 saturated heterocycles. The molecule has 1 aromatic heterocycles. The van der Waals surface area contributed by atoms with Gasteiger partial charge in [-0.15, -0.1) is 0 Å². The number of nitrogens with zero attached hydrogens (tertiary/aromatic N) is 1. The van der Waals surface area contributed by atoms with Gasteiger partial charge in [0.15, 0.2) is 5.43 Å². The number of fused-ring (bicyclic) bond motifs is 1. The number of carbonyl (C=O) groups excluding carboxylic acids is 1. The highest BCUT2D eigenvalue weighted by Crippen LogP contribution is 2.29. The summed E-state index contributed by atoms with van der Waals surface area (Å²) in [5.41, 5.74) is 3.42. The van der Waals surface area contributed by atoms with Gasteiger partial charge in [0.25, 0.3) is 5.91 Å². The predicted octanol–water partition coefficient (Wildman–Crippen LogP) is 5.42. The van der Waals surface area contributed by atoms with E-state index in [4.69, 9.17) is 11.6 Å². The second-order valence-electron chi connectivity index (χ2n) is 6.96. The Morgan fingerprint density at radius 1 is 0.931 bits per heavy atom. The fourth-order valence-corrected chi connectivity index (χ4v) is 3.53. The van der Waals surface area contributed by atoms with Crippen LogP contribution in [0, 0.1) is 6.92 Å². The van der Waals surface area contributed by atoms with Crippen molar-refractivity contribution in [1.29, 1.82) is 0 Å². The number of rotatable bonds is 3. The minimum absolute atomic E-state index is 0.117. The Balaban J connectivity index is 1.93. The van der Waals surface area contributed by atoms with Crippen molar-refractivity contribution in [1.82, 2.24) is 4.57 Å². The minimum Gasteiger partial charge on any atom is -0.330 e. The Bertz CT molecular complexity index is 1270. The van der Waals surface area contributed by atoms with Crippen LogP contribution in [-0.4, -0.2) is 10.5 Å². The van der Waals surface area contributed by atoms with E-state index < -0.39 is 0 Å². The van der Waals surface area contributed by atoms with Gasteiger partial charge in [-0.25, -0.2) is 0 Å². The lowest BCUT2D eigenvalue weighted by Gasteiger charge is -2.18. The van der Waals surface area contributed by atoms with Crippen molar-refractivity contribution in [2.45, 2.75) is 6.92 Å². The van der Waals surface area contributed by atoms with Crippen LogP contribution in [0.5, 0.6) is 0 Å². The number of hydrogen-bond acceptors (Lipinski definition) is 2. The molecule has 1 heterocycles. The molecule has 0 aliphatic heterocycles. The van der Waals surface area contributed by atoms with Crippen LogP contribution < -0.4 is 10.7 Å². The lowest BCUT2D eigenvalue weighted by atomic mass is 10.0. The molecule has 1 N–H and O–H groups in total. The number of nitrogens with one attached hydrogen (secondary N) is 1. The number of anilines is 1. The summed E-state index contributed by atoms with van der Waals surface area (Å²) >= 11 is 5.93. The number of aromatic nitrogens is 1. The first kappa shape index (κ1) is 19.0. The van der Waals surface area contributed by atoms with E-state index in [1.165, 1.54) is 0 Å². The maximum Gasteiger partial charge on any atom is 0.256 e. The van der Waals surface area contributed by atoms with Gasteiger partial charge in [-0.1, -0.05) is 53.6 Å². The molecule has 1 amide bonds. The van der Waals surface area contributed by atoms with Crippen LogP contribution in [0.4, 0.5) is 5.82 Å². The fourth-order valence-electron chi connectivity index (χ4n) is 3.40. The smallest absolute Gasteiger partial charge is 0.256 e. The number of amides is 1. The third-order valence-corrected chi connectivity index (χ3v) is 5.24. The summed E-state index contributed by atoms with van der Waals surface area (Å²) in [4.78, 5) is 26.3. The molecule has 144 valence electrons. The summed E-state index contributed by atoms with van der Waals surface area (Å²) in [6.45, 7) is 1.99. The molecule has 0 spiro atoms. The highest BCUT2D eigenvalue weighted by molar-refractivity contribution is 6.30. The molecule has 0 bridgehead atoms. The monoisotopic (exact) mass is 402 g/mol. The topological polar surface area (TPSA) is 51.1 Å². The molecule has 0 saturated carbocycles. The Morgan fingerprint density at radius 3 is 2.28 bits per heavy atom. The summed E-state index contributed by atoms with van der Waals surface area (Å²) in [6.07, 6.45) is 0. The summed E-state index contributed by atoms with van der Waals surface area (Å²) in [5, 5.41) is 4.10. The van der Waals surface area contributed by atoms with E-state index in [1.807, 2.05) is 61.0 Å². The second kappa shape index (κ2) is 7.57. The van der Waals surface area contributed by atoms with Gasteiger partial charge in [-0.05, 0) is 48.9 Å². The Morgan fingerprint density at radius 2 is 1.59 bits per heavy atom. The highest BCUT2D eigenvalue weighted by Gasteiger charge is 2.19. The molecule has 5 heteroatoms. The summed E-state index contributed by atoms with van der Waals surface area (Å²) < 4.78 is 1.85. The van der Waals surface area contributed by atoms with Crippen molar-refractivity contribution in [2.75, 3.05) is 5.32 Å². The first-order chi connectivity index (χ1) is 14.0. The maximum absolute atomic E-state index is 13.4. The van der Waals surface area contributed by atoms with E-state index >= 15 is 0 Å². The van der Waals surface area contributed by atoms with Crippen LogP contribution >= 0.6 is 11.6 Å². The third kappa shape index (κ3) is 3.55. The molecule has 29 heavy (non-hydrogen) atoms. The molecule has 0 fully saturated rings. The van der Waals surface area contributed by atoms with Crippen molar-refractivity contribution < 1.29 is 4.79 Å². The molecule has 0 atom stereocenters. The Hall–Kier alpha value is -3.37. The van der Waals surface area contributed by atoms with Gasteiger partial charge in [-0.3, -0.25) is 9.59 Å². The molecule has 4 nitrogen and oxygen atoms in total. The lowest BCUT2D eigenvalue weighted by molar-refractivity contribution is 0.102. The molecule has 0 radical (unpaired) electrons. The zero-order chi connectivity index (χ0) is 20.5. The van der Waals surface area contributed by atoms with Crippen molar-refractivity contribution in [3.05, 3.63) is 99.2 Å². The van der Waals surface area contributed by atoms with E-state index in [-0.39, 0.29) is 11.3 Å². The van der Waals surface area contributed by atoms with Gasteiger partial charge < -0.3 is 9.88 Å². The molecule has 0 aliphatic rings. The van der Waals surface area contributed by atoms with Gasteiger partial charge in [0, 0.05) is 23.0 Å². The van der Waals surface area contributed by atoms with Gasteiger partial charge in [0.2, 0.25) is 0 Å². The third-order valence-electron chi connectivity index (χ3n) is 4.99. The molecule has 4 rings (SSSR count). The van der Waals surface area contributed by atoms with Crippen LogP contribution in [-0.2, 0) is 7.05 Å². The number of aryl methyl sites for hydroxylation is 2. The molecular formula is C24H19ClN2O2. The number of pyridine rings is 1. The molecular weight excluding hydrogens is 384 g/mol. The van der Waals surface area contributed by atoms with E-state index in [1.54, 1.807) is 30.3 Å². The first-order valence-electron chi connectivity index (χ1n) is 9.21. The number of benzene rings is 3. The average Bonchev–Trinajstić information content (AvgIpc) is 2.73. The number of carbonyl (C=O) groups is 1. The largest absolute Gasteiger partial charge is 0.330 e. The zero-order valence-corrected chi connectivity index (χ0v) is 16.8. The van der Waals surface area contributed by atoms with Crippen LogP contribution in [0.2, 0.25) is 5.02 Å². The average molecular weight is 403 g/mol. The quantitative estimate of drug-likeness (QED) is 0.497. The molecule has 0 unspecified atom stereocenters. The fraction of sp³-hybridized carbons (Fsp3) is 0.0833. The first-order valence-corrected chi connectivity index (χ1v) is 9.59. The summed E-state index contributed by atoms with van der Waals surface area (Å²) in [5.74, 6) is 0.151. The van der Waals surface area contributed by atoms with Gasteiger partial charge in [0.05, 0.1) is 11.1 Å². The van der Waals surface area contributed by atoms with Gasteiger partial charge in [-0.2, -0.15) is 0 Å². The summed E-state index contributed by atoms with van der Waals surface area (Å²) in [7, 11) is 1.84. The van der Waals surface area contributed by atoms with Crippen molar-refractivity contribution in [3.8, 4) is 11.1 Å². The summed E-state index contributed by atoms with van der Waals surface area (Å²) in [6, 6.07) is 21.7. The van der Waals surface area contributed by atoms with E-state index in [0.717, 1.165) is 16.6 Å². The number of hydrogen-bond donors (Lipinski definition) is 1. The second-order valence-corrected chi connectivity index (χ2v) is 7.39. The van der Waals surface area contributed by atoms with Crippen molar-refractivity contribution in [2.24, 2.45) is 7.05 Å². The van der Waals surface area contributed by atoms with Crippen LogP contribution in [0.1, 0.15) is 15.9 Å². The minimum atomic E-state index is -0.305. The van der Waals surface area contributed by atoms with Crippen molar-refractivity contribution >= 4 is 34.2 Å². The Labute approximate surface area is 173 Å². The molecule has 4 aromatic rings. The van der Waals surface area contributed by atoms with Gasteiger partial charge in [0.1, 0.15) is 5.82 Å². The molecule has 0 aliphatic carbocycles. The van der Waals surface area contributed by atoms with Crippen LogP contribution in [0.15, 0.2) is 77.6 Å². The Kier molecular flexibility index (Phi) is 4.95. The predicted molar refractivity (Wildman–Crippen MR) is 119 cm³/mol. The SMILES string of the molecule is Cc1ccc(-c2c(NC(=O)c3ccc(Cl)cc3)n(C)c3ccccc3c2=O)cc1. The highest BCUT2D eigenvalue weighted by atomic mass is 35.5. The number of para-hydroxylation sites is 1. The van der Waals surface area contributed by atoms with Crippen LogP contribution in [0.25, 0.3) is 22.0 Å². The maximum atomic E-state index is 13.4. The standard InChI is InChI=1S/C24H19ClN2O2/c1-15-7-9-16(10-8-15)21-22(28)19-5-3-4-6-20(19)27(2)23(21)26-24(29)17-11-13-18(25)14-12-17/h3-14H,1-2H3,(H,26,29). The van der Waals surface area contributed by atoms with E-state index in [9.17, 15) is 9.59 Å². The lowest BCUT2D eigenvalue weighted by Crippen LogP contribution is -2.21. The normalized spacial score (nSPS) is 10.9. The zero-order valence-electron chi connectivity index (χ0n) is 16.1. The van der Waals surface area contributed by atoms with Crippen molar-refractivity contribution in [3.63, 3.8) is 0 Å². The van der Waals surface area contributed by atoms with E-state index in [0.29, 0.717) is 27.4 Å². The van der Waals surface area contributed by atoms with Crippen LogP contribution in [0.3, 0.4) is 0 Å². The van der Waals surface area contributed by atoms with Gasteiger partial charge >= 0.3 is 0 Å². The molecule has 3 aromatic carbocycles. The van der Waals surface area contributed by atoms with E-state index in [2.05, 4.69) is 5.32 Å².